The van der Waals surface area contributed by atoms with Gasteiger partial charge in [0.1, 0.15) is 5.82 Å². The van der Waals surface area contributed by atoms with Gasteiger partial charge in [-0.25, -0.2) is 4.98 Å². The van der Waals surface area contributed by atoms with E-state index < -0.39 is 4.92 Å². The van der Waals surface area contributed by atoms with E-state index in [9.17, 15) is 10.1 Å². The van der Waals surface area contributed by atoms with Crippen LogP contribution in [0.2, 0.25) is 5.02 Å². The van der Waals surface area contributed by atoms with Gasteiger partial charge in [-0.2, -0.15) is 0 Å². The van der Waals surface area contributed by atoms with Crippen molar-refractivity contribution < 1.29 is 4.92 Å². The fourth-order valence-corrected chi connectivity index (χ4v) is 2.00. The number of hydrogen-bond acceptors (Lipinski definition) is 5. The number of nitro groups is 1. The summed E-state index contributed by atoms with van der Waals surface area (Å²) >= 11 is 5.96. The largest absolute Gasteiger partial charge is 0.370 e. The summed E-state index contributed by atoms with van der Waals surface area (Å²) in [5, 5.41) is 17.7. The van der Waals surface area contributed by atoms with Gasteiger partial charge in [-0.1, -0.05) is 17.7 Å². The SMILES string of the molecule is CCNc1ccc([N+](=O)[O-])c(Nc2cc(Cl)ccc2C)n1. The molecule has 7 heteroatoms. The fourth-order valence-electron chi connectivity index (χ4n) is 1.83. The van der Waals surface area contributed by atoms with Crippen molar-refractivity contribution in [1.82, 2.24) is 4.98 Å². The summed E-state index contributed by atoms with van der Waals surface area (Å²) in [7, 11) is 0. The van der Waals surface area contributed by atoms with Crippen molar-refractivity contribution in [2.75, 3.05) is 17.2 Å². The lowest BCUT2D eigenvalue weighted by Gasteiger charge is -2.11. The van der Waals surface area contributed by atoms with Crippen molar-refractivity contribution in [2.45, 2.75) is 13.8 Å². The molecule has 0 aliphatic rings. The molecule has 6 nitrogen and oxygen atoms in total. The van der Waals surface area contributed by atoms with Crippen LogP contribution >= 0.6 is 11.6 Å². The minimum atomic E-state index is -0.467. The Hall–Kier alpha value is -2.34. The molecule has 1 heterocycles. The second-order valence-corrected chi connectivity index (χ2v) is 4.87. The van der Waals surface area contributed by atoms with Crippen LogP contribution in [0.3, 0.4) is 0 Å². The van der Waals surface area contributed by atoms with E-state index in [1.165, 1.54) is 6.07 Å². The van der Waals surface area contributed by atoms with Crippen LogP contribution in [0.4, 0.5) is 23.0 Å². The van der Waals surface area contributed by atoms with Crippen LogP contribution in [0.25, 0.3) is 0 Å². The third kappa shape index (κ3) is 3.61. The van der Waals surface area contributed by atoms with E-state index in [1.807, 2.05) is 19.9 Å². The second kappa shape index (κ2) is 6.41. The zero-order valence-corrected chi connectivity index (χ0v) is 12.4. The van der Waals surface area contributed by atoms with E-state index in [1.54, 1.807) is 18.2 Å². The van der Waals surface area contributed by atoms with Gasteiger partial charge in [-0.3, -0.25) is 10.1 Å². The molecular formula is C14H15ClN4O2. The number of nitrogens with one attached hydrogen (secondary N) is 2. The molecule has 1 aromatic carbocycles. The molecule has 0 saturated carbocycles. The molecule has 110 valence electrons. The molecule has 0 spiro atoms. The predicted molar refractivity (Wildman–Crippen MR) is 84.5 cm³/mol. The van der Waals surface area contributed by atoms with E-state index in [-0.39, 0.29) is 11.5 Å². The average molecular weight is 307 g/mol. The van der Waals surface area contributed by atoms with Gasteiger partial charge in [0.05, 0.1) is 4.92 Å². The molecule has 0 unspecified atom stereocenters. The quantitative estimate of drug-likeness (QED) is 0.641. The maximum Gasteiger partial charge on any atom is 0.311 e. The molecule has 0 fully saturated rings. The molecule has 21 heavy (non-hydrogen) atoms. The number of anilines is 3. The van der Waals surface area contributed by atoms with Gasteiger partial charge in [0.2, 0.25) is 5.82 Å². The summed E-state index contributed by atoms with van der Waals surface area (Å²) in [6.07, 6.45) is 0. The highest BCUT2D eigenvalue weighted by Crippen LogP contribution is 2.29. The van der Waals surface area contributed by atoms with E-state index in [0.29, 0.717) is 23.1 Å². The van der Waals surface area contributed by atoms with Gasteiger partial charge >= 0.3 is 5.69 Å². The molecule has 0 amide bonds. The highest BCUT2D eigenvalue weighted by atomic mass is 35.5. The number of aryl methyl sites for hydroxylation is 1. The standard InChI is InChI=1S/C14H15ClN4O2/c1-3-16-13-7-6-12(19(20)21)14(18-13)17-11-8-10(15)5-4-9(11)2/h4-8H,3H2,1-2H3,(H2,16,17,18). The molecule has 0 aliphatic heterocycles. The monoisotopic (exact) mass is 306 g/mol. The maximum absolute atomic E-state index is 11.1. The number of hydrogen-bond donors (Lipinski definition) is 2. The van der Waals surface area contributed by atoms with Gasteiger partial charge in [-0.05, 0) is 37.6 Å². The fraction of sp³-hybridized carbons (Fsp3) is 0.214. The van der Waals surface area contributed by atoms with Crippen molar-refractivity contribution in [3.8, 4) is 0 Å². The molecule has 0 radical (unpaired) electrons. The lowest BCUT2D eigenvalue weighted by Crippen LogP contribution is -2.05. The Balaban J connectivity index is 2.43. The molecule has 0 aliphatic carbocycles. The first-order valence-corrected chi connectivity index (χ1v) is 6.81. The number of nitrogens with zero attached hydrogens (tertiary/aromatic N) is 2. The summed E-state index contributed by atoms with van der Waals surface area (Å²) in [4.78, 5) is 14.9. The third-order valence-corrected chi connectivity index (χ3v) is 3.12. The number of aromatic nitrogens is 1. The van der Waals surface area contributed by atoms with Gasteiger partial charge in [0.25, 0.3) is 0 Å². The second-order valence-electron chi connectivity index (χ2n) is 4.44. The van der Waals surface area contributed by atoms with Gasteiger partial charge < -0.3 is 10.6 Å². The molecular weight excluding hydrogens is 292 g/mol. The maximum atomic E-state index is 11.1. The molecule has 0 saturated heterocycles. The number of benzene rings is 1. The normalized spacial score (nSPS) is 10.2. The van der Waals surface area contributed by atoms with Crippen LogP contribution < -0.4 is 10.6 Å². The molecule has 0 atom stereocenters. The first-order valence-electron chi connectivity index (χ1n) is 6.43. The van der Waals surface area contributed by atoms with Gasteiger partial charge in [0, 0.05) is 23.3 Å². The van der Waals surface area contributed by atoms with Crippen LogP contribution in [0.15, 0.2) is 30.3 Å². The van der Waals surface area contributed by atoms with Crippen LogP contribution in [-0.2, 0) is 0 Å². The van der Waals surface area contributed by atoms with E-state index in [4.69, 9.17) is 11.6 Å². The topological polar surface area (TPSA) is 80.1 Å². The summed E-state index contributed by atoms with van der Waals surface area (Å²) < 4.78 is 0. The predicted octanol–water partition coefficient (Wildman–Crippen LogP) is 4.13. The minimum Gasteiger partial charge on any atom is -0.370 e. The van der Waals surface area contributed by atoms with Gasteiger partial charge in [-0.15, -0.1) is 0 Å². The molecule has 0 bridgehead atoms. The Morgan fingerprint density at radius 1 is 1.33 bits per heavy atom. The highest BCUT2D eigenvalue weighted by Gasteiger charge is 2.17. The summed E-state index contributed by atoms with van der Waals surface area (Å²) in [6, 6.07) is 8.32. The lowest BCUT2D eigenvalue weighted by molar-refractivity contribution is -0.384. The Morgan fingerprint density at radius 2 is 2.10 bits per heavy atom. The van der Waals surface area contributed by atoms with Crippen molar-refractivity contribution in [3.05, 3.63) is 51.0 Å². The smallest absolute Gasteiger partial charge is 0.311 e. The average Bonchev–Trinajstić information content (AvgIpc) is 2.43. The van der Waals surface area contributed by atoms with Gasteiger partial charge in [0.15, 0.2) is 0 Å². The number of halogens is 1. The van der Waals surface area contributed by atoms with Crippen LogP contribution in [0.1, 0.15) is 12.5 Å². The minimum absolute atomic E-state index is 0.0870. The Bertz CT molecular complexity index is 676. The Labute approximate surface area is 127 Å². The summed E-state index contributed by atoms with van der Waals surface area (Å²) in [5.74, 6) is 0.758. The molecule has 2 N–H and O–H groups in total. The number of pyridine rings is 1. The summed E-state index contributed by atoms with van der Waals surface area (Å²) in [5.41, 5.74) is 1.52. The molecule has 2 rings (SSSR count). The number of rotatable bonds is 5. The molecule has 1 aromatic heterocycles. The van der Waals surface area contributed by atoms with E-state index in [2.05, 4.69) is 15.6 Å². The van der Waals surface area contributed by atoms with Crippen molar-refractivity contribution in [1.29, 1.82) is 0 Å². The molecule has 2 aromatic rings. The van der Waals surface area contributed by atoms with Crippen LogP contribution in [0.5, 0.6) is 0 Å². The van der Waals surface area contributed by atoms with Crippen molar-refractivity contribution in [3.63, 3.8) is 0 Å². The Kier molecular flexibility index (Phi) is 4.59. The lowest BCUT2D eigenvalue weighted by atomic mass is 10.2. The first kappa shape index (κ1) is 15.1. The van der Waals surface area contributed by atoms with E-state index >= 15 is 0 Å². The van der Waals surface area contributed by atoms with Crippen LogP contribution in [0, 0.1) is 17.0 Å². The third-order valence-electron chi connectivity index (χ3n) is 2.88. The zero-order valence-electron chi connectivity index (χ0n) is 11.7. The van der Waals surface area contributed by atoms with Crippen LogP contribution in [-0.4, -0.2) is 16.5 Å². The van der Waals surface area contributed by atoms with Crippen molar-refractivity contribution >= 4 is 34.6 Å². The van der Waals surface area contributed by atoms with E-state index in [0.717, 1.165) is 5.56 Å². The Morgan fingerprint density at radius 3 is 2.76 bits per heavy atom. The zero-order chi connectivity index (χ0) is 15.4. The highest BCUT2D eigenvalue weighted by molar-refractivity contribution is 6.30. The summed E-state index contributed by atoms with van der Waals surface area (Å²) in [6.45, 7) is 4.50. The first-order chi connectivity index (χ1) is 10.0. The van der Waals surface area contributed by atoms with Crippen molar-refractivity contribution in [2.24, 2.45) is 0 Å².